The van der Waals surface area contributed by atoms with Crippen molar-refractivity contribution in [1.82, 2.24) is 15.0 Å². The average Bonchev–Trinajstić information content (AvgIpc) is 2.71. The number of hydrogen-bond acceptors (Lipinski definition) is 2. The molecule has 1 aromatic heterocycles. The highest BCUT2D eigenvalue weighted by molar-refractivity contribution is 5.22. The highest BCUT2D eigenvalue weighted by Crippen LogP contribution is 2.52. The molecule has 1 aromatic rings. The minimum Gasteiger partial charge on any atom is -0.255 e. The first kappa shape index (κ1) is 7.77. The summed E-state index contributed by atoms with van der Waals surface area (Å²) in [4.78, 5) is 0. The summed E-state index contributed by atoms with van der Waals surface area (Å²) in [5.74, 6) is 0.689. The van der Waals surface area contributed by atoms with Crippen LogP contribution in [0.2, 0.25) is 0 Å². The standard InChI is InChI=1S/C9H15N3/c1-7(2)9(4-5-9)8-6-12(3)11-10-8/h6-7H,4-5H2,1-3H3. The zero-order valence-corrected chi connectivity index (χ0v) is 7.91. The second kappa shape index (κ2) is 2.31. The summed E-state index contributed by atoms with van der Waals surface area (Å²) in [5, 5.41) is 8.16. The van der Waals surface area contributed by atoms with E-state index in [1.165, 1.54) is 18.5 Å². The van der Waals surface area contributed by atoms with Crippen molar-refractivity contribution in [3.8, 4) is 0 Å². The van der Waals surface area contributed by atoms with Crippen molar-refractivity contribution < 1.29 is 0 Å². The van der Waals surface area contributed by atoms with Gasteiger partial charge in [0.2, 0.25) is 0 Å². The molecular weight excluding hydrogens is 150 g/mol. The fraction of sp³-hybridized carbons (Fsp3) is 0.778. The molecule has 0 spiro atoms. The van der Waals surface area contributed by atoms with Crippen molar-refractivity contribution in [3.63, 3.8) is 0 Å². The molecule has 1 aliphatic carbocycles. The zero-order chi connectivity index (χ0) is 8.77. The van der Waals surface area contributed by atoms with Crippen LogP contribution in [-0.2, 0) is 12.5 Å². The molecule has 3 nitrogen and oxygen atoms in total. The van der Waals surface area contributed by atoms with Crippen LogP contribution in [0.4, 0.5) is 0 Å². The molecule has 0 aromatic carbocycles. The summed E-state index contributed by atoms with van der Waals surface area (Å²) in [6.07, 6.45) is 4.61. The lowest BCUT2D eigenvalue weighted by Gasteiger charge is -2.15. The van der Waals surface area contributed by atoms with Gasteiger partial charge in [-0.3, -0.25) is 4.68 Å². The molecular formula is C9H15N3. The van der Waals surface area contributed by atoms with Crippen LogP contribution < -0.4 is 0 Å². The summed E-state index contributed by atoms with van der Waals surface area (Å²) in [5.41, 5.74) is 1.55. The predicted molar refractivity (Wildman–Crippen MR) is 46.8 cm³/mol. The molecule has 0 N–H and O–H groups in total. The van der Waals surface area contributed by atoms with Crippen LogP contribution >= 0.6 is 0 Å². The SMILES string of the molecule is CC(C)C1(c2cn(C)nn2)CC1. The van der Waals surface area contributed by atoms with Gasteiger partial charge in [-0.05, 0) is 18.8 Å². The number of aryl methyl sites for hydroxylation is 1. The molecule has 1 heterocycles. The van der Waals surface area contributed by atoms with Crippen molar-refractivity contribution in [1.29, 1.82) is 0 Å². The van der Waals surface area contributed by atoms with Gasteiger partial charge < -0.3 is 0 Å². The topological polar surface area (TPSA) is 30.7 Å². The van der Waals surface area contributed by atoms with Crippen molar-refractivity contribution in [2.75, 3.05) is 0 Å². The Labute approximate surface area is 72.8 Å². The van der Waals surface area contributed by atoms with E-state index in [2.05, 4.69) is 24.2 Å². The zero-order valence-electron chi connectivity index (χ0n) is 7.91. The van der Waals surface area contributed by atoms with E-state index in [4.69, 9.17) is 0 Å². The summed E-state index contributed by atoms with van der Waals surface area (Å²) in [6.45, 7) is 4.53. The number of aromatic nitrogens is 3. The normalized spacial score (nSPS) is 20.0. The van der Waals surface area contributed by atoms with Gasteiger partial charge >= 0.3 is 0 Å². The first-order valence-electron chi connectivity index (χ1n) is 4.52. The molecule has 1 aliphatic rings. The third-order valence-corrected chi connectivity index (χ3v) is 3.01. The van der Waals surface area contributed by atoms with Crippen molar-refractivity contribution in [2.24, 2.45) is 13.0 Å². The number of hydrogen-bond donors (Lipinski definition) is 0. The first-order chi connectivity index (χ1) is 5.65. The minimum atomic E-state index is 0.369. The Morgan fingerprint density at radius 3 is 2.50 bits per heavy atom. The van der Waals surface area contributed by atoms with Gasteiger partial charge in [0.1, 0.15) is 0 Å². The van der Waals surface area contributed by atoms with E-state index < -0.39 is 0 Å². The maximum Gasteiger partial charge on any atom is 0.0891 e. The van der Waals surface area contributed by atoms with E-state index in [1.807, 2.05) is 13.2 Å². The van der Waals surface area contributed by atoms with Gasteiger partial charge in [0.15, 0.2) is 0 Å². The van der Waals surface area contributed by atoms with Crippen LogP contribution in [0, 0.1) is 5.92 Å². The molecule has 0 bridgehead atoms. The molecule has 0 saturated heterocycles. The van der Waals surface area contributed by atoms with E-state index in [0.29, 0.717) is 11.3 Å². The Morgan fingerprint density at radius 2 is 2.17 bits per heavy atom. The third kappa shape index (κ3) is 0.958. The van der Waals surface area contributed by atoms with Crippen LogP contribution in [0.1, 0.15) is 32.4 Å². The van der Waals surface area contributed by atoms with E-state index in [-0.39, 0.29) is 0 Å². The van der Waals surface area contributed by atoms with Gasteiger partial charge in [-0.15, -0.1) is 5.10 Å². The molecule has 12 heavy (non-hydrogen) atoms. The largest absolute Gasteiger partial charge is 0.255 e. The summed E-state index contributed by atoms with van der Waals surface area (Å²) < 4.78 is 1.79. The second-order valence-electron chi connectivity index (χ2n) is 4.09. The smallest absolute Gasteiger partial charge is 0.0891 e. The second-order valence-corrected chi connectivity index (χ2v) is 4.09. The van der Waals surface area contributed by atoms with Crippen LogP contribution in [-0.4, -0.2) is 15.0 Å². The summed E-state index contributed by atoms with van der Waals surface area (Å²) >= 11 is 0. The van der Waals surface area contributed by atoms with Gasteiger partial charge in [0.05, 0.1) is 5.69 Å². The monoisotopic (exact) mass is 165 g/mol. The number of nitrogens with zero attached hydrogens (tertiary/aromatic N) is 3. The van der Waals surface area contributed by atoms with E-state index in [0.717, 1.165) is 0 Å². The molecule has 1 fully saturated rings. The van der Waals surface area contributed by atoms with E-state index in [9.17, 15) is 0 Å². The Bertz CT molecular complexity index is 284. The Hall–Kier alpha value is -0.860. The van der Waals surface area contributed by atoms with Crippen molar-refractivity contribution in [3.05, 3.63) is 11.9 Å². The lowest BCUT2D eigenvalue weighted by molar-refractivity contribution is 0.469. The van der Waals surface area contributed by atoms with Crippen molar-refractivity contribution >= 4 is 0 Å². The van der Waals surface area contributed by atoms with Crippen LogP contribution in [0.5, 0.6) is 0 Å². The maximum absolute atomic E-state index is 4.18. The lowest BCUT2D eigenvalue weighted by atomic mass is 9.90. The lowest BCUT2D eigenvalue weighted by Crippen LogP contribution is -2.15. The van der Waals surface area contributed by atoms with E-state index in [1.54, 1.807) is 4.68 Å². The predicted octanol–water partition coefficient (Wildman–Crippen LogP) is 1.50. The van der Waals surface area contributed by atoms with Crippen LogP contribution in [0.15, 0.2) is 6.20 Å². The first-order valence-corrected chi connectivity index (χ1v) is 4.52. The highest BCUT2D eigenvalue weighted by Gasteiger charge is 2.48. The number of rotatable bonds is 2. The Kier molecular flexibility index (Phi) is 1.50. The molecule has 0 atom stereocenters. The molecule has 66 valence electrons. The Morgan fingerprint density at radius 1 is 1.50 bits per heavy atom. The van der Waals surface area contributed by atoms with Gasteiger partial charge in [-0.2, -0.15) is 0 Å². The molecule has 2 rings (SSSR count). The molecule has 0 aliphatic heterocycles. The molecule has 0 radical (unpaired) electrons. The van der Waals surface area contributed by atoms with E-state index >= 15 is 0 Å². The maximum atomic E-state index is 4.18. The van der Waals surface area contributed by atoms with Crippen molar-refractivity contribution in [2.45, 2.75) is 32.1 Å². The Balaban J connectivity index is 2.30. The highest BCUT2D eigenvalue weighted by atomic mass is 15.4. The fourth-order valence-electron chi connectivity index (χ4n) is 1.84. The molecule has 1 saturated carbocycles. The van der Waals surface area contributed by atoms with Crippen LogP contribution in [0.25, 0.3) is 0 Å². The molecule has 3 heteroatoms. The molecule has 0 amide bonds. The summed E-state index contributed by atoms with van der Waals surface area (Å²) in [6, 6.07) is 0. The van der Waals surface area contributed by atoms with Gasteiger partial charge in [0, 0.05) is 18.7 Å². The average molecular weight is 165 g/mol. The fourth-order valence-corrected chi connectivity index (χ4v) is 1.84. The summed E-state index contributed by atoms with van der Waals surface area (Å²) in [7, 11) is 1.92. The van der Waals surface area contributed by atoms with Gasteiger partial charge in [-0.1, -0.05) is 19.1 Å². The minimum absolute atomic E-state index is 0.369. The molecule has 0 unspecified atom stereocenters. The van der Waals surface area contributed by atoms with Gasteiger partial charge in [0.25, 0.3) is 0 Å². The quantitative estimate of drug-likeness (QED) is 0.665. The van der Waals surface area contributed by atoms with Crippen LogP contribution in [0.3, 0.4) is 0 Å². The van der Waals surface area contributed by atoms with Gasteiger partial charge in [-0.25, -0.2) is 0 Å². The third-order valence-electron chi connectivity index (χ3n) is 3.01.